The summed E-state index contributed by atoms with van der Waals surface area (Å²) in [4.78, 5) is 0. The number of nitrogens with zero attached hydrogens (tertiary/aromatic N) is 2. The molecule has 5 nitrogen and oxygen atoms in total. The first-order valence-corrected chi connectivity index (χ1v) is 6.79. The molecule has 1 aromatic heterocycles. The number of rotatable bonds is 6. The van der Waals surface area contributed by atoms with E-state index in [-0.39, 0.29) is 12.4 Å². The molecular formula is C12H13FN2O3S. The molecule has 0 saturated carbocycles. The van der Waals surface area contributed by atoms with Crippen molar-refractivity contribution in [1.29, 1.82) is 0 Å². The number of hydrogen-bond donors (Lipinski definition) is 2. The Morgan fingerprint density at radius 3 is 2.68 bits per heavy atom. The van der Waals surface area contributed by atoms with Gasteiger partial charge in [0.2, 0.25) is 11.8 Å². The zero-order chi connectivity index (χ0) is 13.7. The maximum atomic E-state index is 12.8. The lowest BCUT2D eigenvalue weighted by Gasteiger charge is -2.03. The number of aliphatic hydroxyl groups excluding tert-OH is 2. The second-order valence-corrected chi connectivity index (χ2v) is 4.89. The van der Waals surface area contributed by atoms with E-state index in [1.165, 1.54) is 23.9 Å². The van der Waals surface area contributed by atoms with Crippen molar-refractivity contribution in [2.45, 2.75) is 11.9 Å². The lowest BCUT2D eigenvalue weighted by Crippen LogP contribution is -2.14. The van der Waals surface area contributed by atoms with E-state index in [9.17, 15) is 9.50 Å². The van der Waals surface area contributed by atoms with Gasteiger partial charge in [0.05, 0.1) is 18.5 Å². The summed E-state index contributed by atoms with van der Waals surface area (Å²) in [7, 11) is 0. The van der Waals surface area contributed by atoms with Crippen LogP contribution in [0.5, 0.6) is 0 Å². The van der Waals surface area contributed by atoms with E-state index in [2.05, 4.69) is 10.2 Å². The molecule has 0 aliphatic rings. The lowest BCUT2D eigenvalue weighted by molar-refractivity contribution is 0.113. The fourth-order valence-corrected chi connectivity index (χ4v) is 2.14. The summed E-state index contributed by atoms with van der Waals surface area (Å²) in [5.41, 5.74) is 0.653. The molecule has 1 unspecified atom stereocenters. The summed E-state index contributed by atoms with van der Waals surface area (Å²) in [6, 6.07) is 5.78. The first kappa shape index (κ1) is 14.0. The van der Waals surface area contributed by atoms with Crippen molar-refractivity contribution < 1.29 is 19.0 Å². The van der Waals surface area contributed by atoms with Crippen molar-refractivity contribution in [3.8, 4) is 11.5 Å². The zero-order valence-corrected chi connectivity index (χ0v) is 10.8. The topological polar surface area (TPSA) is 79.4 Å². The van der Waals surface area contributed by atoms with Gasteiger partial charge in [-0.3, -0.25) is 0 Å². The molecule has 2 rings (SSSR count). The van der Waals surface area contributed by atoms with Crippen LogP contribution in [0.25, 0.3) is 11.5 Å². The predicted octanol–water partition coefficient (Wildman–Crippen LogP) is 1.46. The third kappa shape index (κ3) is 4.02. The van der Waals surface area contributed by atoms with Crippen LogP contribution in [0.1, 0.15) is 5.89 Å². The molecule has 0 aliphatic heterocycles. The van der Waals surface area contributed by atoms with Crippen molar-refractivity contribution in [1.82, 2.24) is 10.2 Å². The molecule has 0 spiro atoms. The molecular weight excluding hydrogens is 271 g/mol. The highest BCUT2D eigenvalue weighted by Gasteiger charge is 2.09. The minimum Gasteiger partial charge on any atom is -0.420 e. The highest BCUT2D eigenvalue weighted by Crippen LogP contribution is 2.20. The van der Waals surface area contributed by atoms with Gasteiger partial charge in [-0.15, -0.1) is 22.0 Å². The summed E-state index contributed by atoms with van der Waals surface area (Å²) in [5, 5.41) is 25.6. The average molecular weight is 284 g/mol. The fraction of sp³-hybridized carbons (Fsp3) is 0.333. The monoisotopic (exact) mass is 284 g/mol. The van der Waals surface area contributed by atoms with E-state index in [4.69, 9.17) is 9.52 Å². The molecule has 1 atom stereocenters. The maximum absolute atomic E-state index is 12.8. The minimum atomic E-state index is -0.746. The van der Waals surface area contributed by atoms with Crippen LogP contribution in [0.15, 0.2) is 28.7 Å². The number of halogens is 1. The van der Waals surface area contributed by atoms with Crippen LogP contribution >= 0.6 is 11.8 Å². The summed E-state index contributed by atoms with van der Waals surface area (Å²) < 4.78 is 18.2. The summed E-state index contributed by atoms with van der Waals surface area (Å²) >= 11 is 1.38. The molecule has 2 N–H and O–H groups in total. The van der Waals surface area contributed by atoms with Crippen LogP contribution < -0.4 is 0 Å². The second-order valence-electron chi connectivity index (χ2n) is 3.86. The highest BCUT2D eigenvalue weighted by atomic mass is 32.2. The van der Waals surface area contributed by atoms with Crippen LogP contribution in [0, 0.1) is 5.82 Å². The molecule has 0 amide bonds. The van der Waals surface area contributed by atoms with Crippen LogP contribution in [-0.4, -0.2) is 38.9 Å². The molecule has 0 saturated heterocycles. The average Bonchev–Trinajstić information content (AvgIpc) is 2.88. The largest absolute Gasteiger partial charge is 0.420 e. The fourth-order valence-electron chi connectivity index (χ4n) is 1.36. The smallest absolute Gasteiger partial charge is 0.247 e. The van der Waals surface area contributed by atoms with Crippen molar-refractivity contribution in [3.63, 3.8) is 0 Å². The number of aliphatic hydroxyl groups is 2. The van der Waals surface area contributed by atoms with Crippen molar-refractivity contribution in [2.24, 2.45) is 0 Å². The molecule has 102 valence electrons. The second kappa shape index (κ2) is 6.65. The SMILES string of the molecule is OCC(O)CSCc1nnc(-c2ccc(F)cc2)o1. The van der Waals surface area contributed by atoms with E-state index < -0.39 is 6.10 Å². The summed E-state index contributed by atoms with van der Waals surface area (Å²) in [6.07, 6.45) is -0.746. The molecule has 2 aromatic rings. The predicted molar refractivity (Wildman–Crippen MR) is 68.9 cm³/mol. The quantitative estimate of drug-likeness (QED) is 0.836. The molecule has 0 radical (unpaired) electrons. The maximum Gasteiger partial charge on any atom is 0.247 e. The Balaban J connectivity index is 1.93. The van der Waals surface area contributed by atoms with E-state index in [1.54, 1.807) is 12.1 Å². The zero-order valence-electron chi connectivity index (χ0n) is 9.99. The Hall–Kier alpha value is -1.44. The van der Waals surface area contributed by atoms with Gasteiger partial charge in [0.25, 0.3) is 0 Å². The Kier molecular flexibility index (Phi) is 4.89. The van der Waals surface area contributed by atoms with E-state index in [1.807, 2.05) is 0 Å². The van der Waals surface area contributed by atoms with Crippen LogP contribution in [0.2, 0.25) is 0 Å². The van der Waals surface area contributed by atoms with Crippen LogP contribution in [-0.2, 0) is 5.75 Å². The van der Waals surface area contributed by atoms with Gasteiger partial charge < -0.3 is 14.6 Å². The van der Waals surface area contributed by atoms with E-state index in [0.717, 1.165) is 0 Å². The van der Waals surface area contributed by atoms with Gasteiger partial charge in [0, 0.05) is 11.3 Å². The van der Waals surface area contributed by atoms with Gasteiger partial charge >= 0.3 is 0 Å². The Morgan fingerprint density at radius 2 is 2.00 bits per heavy atom. The Labute approximate surface area is 113 Å². The van der Waals surface area contributed by atoms with E-state index in [0.29, 0.717) is 28.9 Å². The van der Waals surface area contributed by atoms with Gasteiger partial charge in [-0.2, -0.15) is 0 Å². The van der Waals surface area contributed by atoms with Crippen molar-refractivity contribution >= 4 is 11.8 Å². The third-order valence-corrected chi connectivity index (χ3v) is 3.38. The van der Waals surface area contributed by atoms with Crippen molar-refractivity contribution in [3.05, 3.63) is 36.0 Å². The molecule has 0 fully saturated rings. The molecule has 1 heterocycles. The summed E-state index contributed by atoms with van der Waals surface area (Å²) in [5.74, 6) is 1.28. The molecule has 0 bridgehead atoms. The molecule has 1 aromatic carbocycles. The normalized spacial score (nSPS) is 12.6. The van der Waals surface area contributed by atoms with Crippen molar-refractivity contribution in [2.75, 3.05) is 12.4 Å². The van der Waals surface area contributed by atoms with E-state index >= 15 is 0 Å². The molecule has 19 heavy (non-hydrogen) atoms. The van der Waals surface area contributed by atoms with Crippen LogP contribution in [0.3, 0.4) is 0 Å². The van der Waals surface area contributed by atoms with Gasteiger partial charge in [0.1, 0.15) is 5.82 Å². The van der Waals surface area contributed by atoms with Crippen LogP contribution in [0.4, 0.5) is 4.39 Å². The molecule has 7 heteroatoms. The van der Waals surface area contributed by atoms with Gasteiger partial charge in [-0.25, -0.2) is 4.39 Å². The summed E-state index contributed by atoms with van der Waals surface area (Å²) in [6.45, 7) is -0.266. The Morgan fingerprint density at radius 1 is 1.26 bits per heavy atom. The number of hydrogen-bond acceptors (Lipinski definition) is 6. The third-order valence-electron chi connectivity index (χ3n) is 2.30. The molecule has 0 aliphatic carbocycles. The first-order chi connectivity index (χ1) is 9.19. The van der Waals surface area contributed by atoms with Gasteiger partial charge in [0.15, 0.2) is 0 Å². The Bertz CT molecular complexity index is 518. The highest BCUT2D eigenvalue weighted by molar-refractivity contribution is 7.98. The number of benzene rings is 1. The lowest BCUT2D eigenvalue weighted by atomic mass is 10.2. The van der Waals surface area contributed by atoms with Gasteiger partial charge in [-0.05, 0) is 24.3 Å². The first-order valence-electron chi connectivity index (χ1n) is 5.64. The minimum absolute atomic E-state index is 0.266. The standard InChI is InChI=1S/C12H13FN2O3S/c13-9-3-1-8(2-4-9)12-15-14-11(18-12)7-19-6-10(17)5-16/h1-4,10,16-17H,5-7H2. The number of aromatic nitrogens is 2. The number of thioether (sulfide) groups is 1. The van der Waals surface area contributed by atoms with Gasteiger partial charge in [-0.1, -0.05) is 0 Å².